The second-order valence-corrected chi connectivity index (χ2v) is 11.0. The lowest BCUT2D eigenvalue weighted by Gasteiger charge is -2.32. The summed E-state index contributed by atoms with van der Waals surface area (Å²) in [5.74, 6) is -3.15. The van der Waals surface area contributed by atoms with Gasteiger partial charge in [-0.15, -0.1) is 0 Å². The lowest BCUT2D eigenvalue weighted by Crippen LogP contribution is -2.50. The minimum atomic E-state index is -4.65. The first kappa shape index (κ1) is 31.8. The first-order valence-electron chi connectivity index (χ1n) is 13.5. The van der Waals surface area contributed by atoms with Crippen LogP contribution in [0.5, 0.6) is 0 Å². The van der Waals surface area contributed by atoms with Crippen LogP contribution >= 0.6 is 0 Å². The summed E-state index contributed by atoms with van der Waals surface area (Å²) in [6.07, 6.45) is 0.477. The van der Waals surface area contributed by atoms with Crippen LogP contribution in [0.3, 0.4) is 0 Å². The fourth-order valence-electron chi connectivity index (χ4n) is 5.05. The van der Waals surface area contributed by atoms with Gasteiger partial charge in [-0.1, -0.05) is 19.8 Å². The zero-order valence-corrected chi connectivity index (χ0v) is 23.7. The number of carbonyl (C=O) groups excluding carboxylic acids is 3. The van der Waals surface area contributed by atoms with Gasteiger partial charge in [0.1, 0.15) is 24.3 Å². The van der Waals surface area contributed by atoms with Crippen molar-refractivity contribution in [2.24, 2.45) is 11.8 Å². The number of alkyl halides is 3. The number of hydrogen-bond donors (Lipinski definition) is 2. The van der Waals surface area contributed by atoms with Crippen molar-refractivity contribution >= 4 is 23.4 Å². The summed E-state index contributed by atoms with van der Waals surface area (Å²) in [5.41, 5.74) is -1.13. The van der Waals surface area contributed by atoms with E-state index in [4.69, 9.17) is 0 Å². The molecule has 0 spiro atoms. The van der Waals surface area contributed by atoms with Crippen molar-refractivity contribution in [3.63, 3.8) is 0 Å². The van der Waals surface area contributed by atoms with Gasteiger partial charge >= 0.3 is 6.18 Å². The van der Waals surface area contributed by atoms with Gasteiger partial charge in [0.2, 0.25) is 11.8 Å². The number of anilines is 1. The molecule has 0 radical (unpaired) electrons. The highest BCUT2D eigenvalue weighted by Gasteiger charge is 2.35. The summed E-state index contributed by atoms with van der Waals surface area (Å²) >= 11 is 0. The molecule has 0 aliphatic heterocycles. The Hall–Kier alpha value is -3.71. The van der Waals surface area contributed by atoms with Crippen molar-refractivity contribution in [2.45, 2.75) is 77.7 Å². The number of nitrogens with one attached hydrogen (secondary N) is 2. The van der Waals surface area contributed by atoms with Crippen LogP contribution in [0.25, 0.3) is 0 Å². The number of rotatable bonds is 9. The smallest absolute Gasteiger partial charge is 0.339 e. The number of hydrogen-bond acceptors (Lipinski definition) is 5. The van der Waals surface area contributed by atoms with Crippen LogP contribution in [0.1, 0.15) is 76.0 Å². The van der Waals surface area contributed by atoms with Gasteiger partial charge in [-0.2, -0.15) is 18.3 Å². The number of aromatic nitrogens is 3. The molecule has 226 valence electrons. The fourth-order valence-corrected chi connectivity index (χ4v) is 5.05. The first-order chi connectivity index (χ1) is 19.1. The third kappa shape index (κ3) is 7.94. The van der Waals surface area contributed by atoms with Crippen molar-refractivity contribution in [1.82, 2.24) is 24.6 Å². The quantitative estimate of drug-likeness (QED) is 0.434. The number of carbonyl (C=O) groups is 3. The average Bonchev–Trinajstić information content (AvgIpc) is 3.38. The third-order valence-electron chi connectivity index (χ3n) is 7.35. The molecule has 3 amide bonds. The summed E-state index contributed by atoms with van der Waals surface area (Å²) in [6.45, 7) is 5.44. The maximum atomic E-state index is 15.1. The van der Waals surface area contributed by atoms with Gasteiger partial charge in [0.25, 0.3) is 11.5 Å². The summed E-state index contributed by atoms with van der Waals surface area (Å²) < 4.78 is 55.3. The van der Waals surface area contributed by atoms with Crippen molar-refractivity contribution in [3.05, 3.63) is 46.4 Å². The normalized spacial score (nSPS) is 19.0. The van der Waals surface area contributed by atoms with Crippen molar-refractivity contribution < 1.29 is 31.9 Å². The number of amides is 3. The van der Waals surface area contributed by atoms with E-state index in [2.05, 4.69) is 22.7 Å². The molecule has 1 aliphatic rings. The molecule has 41 heavy (non-hydrogen) atoms. The predicted octanol–water partition coefficient (Wildman–Crippen LogP) is 3.91. The van der Waals surface area contributed by atoms with E-state index in [1.54, 1.807) is 0 Å². The molecular weight excluding hydrogens is 548 g/mol. The Balaban J connectivity index is 1.83. The van der Waals surface area contributed by atoms with Crippen LogP contribution < -0.4 is 16.2 Å². The van der Waals surface area contributed by atoms with Gasteiger partial charge in [0.15, 0.2) is 5.82 Å². The molecular formula is C27H36F4N6O4. The van der Waals surface area contributed by atoms with E-state index in [0.717, 1.165) is 26.0 Å². The van der Waals surface area contributed by atoms with E-state index >= 15 is 4.39 Å². The average molecular weight is 585 g/mol. The first-order valence-corrected chi connectivity index (χ1v) is 13.5. The summed E-state index contributed by atoms with van der Waals surface area (Å²) in [5, 5.41) is 9.31. The Morgan fingerprint density at radius 2 is 1.78 bits per heavy atom. The summed E-state index contributed by atoms with van der Waals surface area (Å²) in [6, 6.07) is -0.297. The molecule has 2 aromatic rings. The topological polar surface area (TPSA) is 118 Å². The van der Waals surface area contributed by atoms with Gasteiger partial charge in [0.05, 0.1) is 5.69 Å². The molecule has 1 fully saturated rings. The largest absolute Gasteiger partial charge is 0.406 e. The SMILES string of the molecule is CC1CCC(C(NC(=O)c2ccnn2C(C)C)C(=O)Nc2cc(=O)n([C@@H](C)C(=O)N(C)CC(F)(F)F)cc2F)CC1. The molecule has 2 aromatic heterocycles. The molecule has 10 nitrogen and oxygen atoms in total. The standard InChI is InChI=1S/C27H36F4N6O4/c1-15(2)37-21(10-11-32-37)24(39)34-23(18-8-6-16(3)7-9-18)25(40)33-20-12-22(38)36(13-19(20)28)17(4)26(41)35(5)14-27(29,30)31/h10-13,15-18,23H,6-9,14H2,1-5H3,(H,33,40)(H,34,39)/t16?,17-,18?,23?/m0/s1. The van der Waals surface area contributed by atoms with E-state index in [9.17, 15) is 32.3 Å². The molecule has 2 heterocycles. The number of likely N-dealkylation sites (N-methyl/N-ethyl adjacent to an activating group) is 1. The maximum Gasteiger partial charge on any atom is 0.406 e. The number of pyridine rings is 1. The number of nitrogens with zero attached hydrogens (tertiary/aromatic N) is 4. The van der Waals surface area contributed by atoms with Gasteiger partial charge in [-0.25, -0.2) is 4.39 Å². The van der Waals surface area contributed by atoms with Crippen LogP contribution in [-0.2, 0) is 9.59 Å². The highest BCUT2D eigenvalue weighted by molar-refractivity contribution is 6.00. The Morgan fingerprint density at radius 3 is 2.37 bits per heavy atom. The highest BCUT2D eigenvalue weighted by atomic mass is 19.4. The zero-order chi connectivity index (χ0) is 30.6. The molecule has 0 bridgehead atoms. The molecule has 1 aliphatic carbocycles. The van der Waals surface area contributed by atoms with Crippen LogP contribution in [0.2, 0.25) is 0 Å². The lowest BCUT2D eigenvalue weighted by atomic mass is 9.79. The molecule has 14 heteroatoms. The van der Waals surface area contributed by atoms with E-state index in [0.29, 0.717) is 34.4 Å². The number of halogens is 4. The Morgan fingerprint density at radius 1 is 1.15 bits per heavy atom. The van der Waals surface area contributed by atoms with Crippen LogP contribution in [0.15, 0.2) is 29.3 Å². The van der Waals surface area contributed by atoms with E-state index in [1.807, 2.05) is 13.8 Å². The Labute approximate surface area is 235 Å². The highest BCUT2D eigenvalue weighted by Crippen LogP contribution is 2.31. The monoisotopic (exact) mass is 584 g/mol. The van der Waals surface area contributed by atoms with Gasteiger partial charge < -0.3 is 20.1 Å². The molecule has 1 unspecified atom stereocenters. The Kier molecular flexibility index (Phi) is 9.98. The van der Waals surface area contributed by atoms with Crippen molar-refractivity contribution in [2.75, 3.05) is 18.9 Å². The third-order valence-corrected chi connectivity index (χ3v) is 7.35. The van der Waals surface area contributed by atoms with Gasteiger partial charge in [0, 0.05) is 31.5 Å². The lowest BCUT2D eigenvalue weighted by molar-refractivity contribution is -0.160. The maximum absolute atomic E-state index is 15.1. The second-order valence-electron chi connectivity index (χ2n) is 11.0. The van der Waals surface area contributed by atoms with Gasteiger partial charge in [-0.3, -0.25) is 23.9 Å². The van der Waals surface area contributed by atoms with E-state index in [-0.39, 0.29) is 17.7 Å². The van der Waals surface area contributed by atoms with Crippen LogP contribution in [0.4, 0.5) is 23.2 Å². The second kappa shape index (κ2) is 12.9. The molecule has 2 atom stereocenters. The zero-order valence-electron chi connectivity index (χ0n) is 23.7. The predicted molar refractivity (Wildman–Crippen MR) is 143 cm³/mol. The van der Waals surface area contributed by atoms with E-state index in [1.165, 1.54) is 23.9 Å². The molecule has 3 rings (SSSR count). The van der Waals surface area contributed by atoms with E-state index < -0.39 is 59.6 Å². The molecule has 1 saturated carbocycles. The Bertz CT molecular complexity index is 1310. The summed E-state index contributed by atoms with van der Waals surface area (Å²) in [7, 11) is 0.927. The van der Waals surface area contributed by atoms with Crippen molar-refractivity contribution in [3.8, 4) is 0 Å². The van der Waals surface area contributed by atoms with Crippen LogP contribution in [-0.4, -0.2) is 62.8 Å². The van der Waals surface area contributed by atoms with Crippen LogP contribution in [0, 0.1) is 17.7 Å². The fraction of sp³-hybridized carbons (Fsp3) is 0.593. The minimum Gasteiger partial charge on any atom is -0.339 e. The summed E-state index contributed by atoms with van der Waals surface area (Å²) in [4.78, 5) is 52.2. The molecule has 0 aromatic carbocycles. The van der Waals surface area contributed by atoms with Gasteiger partial charge in [-0.05, 0) is 51.5 Å². The van der Waals surface area contributed by atoms with Crippen molar-refractivity contribution in [1.29, 1.82) is 0 Å². The molecule has 0 saturated heterocycles. The minimum absolute atomic E-state index is 0.114. The molecule has 2 N–H and O–H groups in total.